The molecule has 0 aliphatic rings. The van der Waals surface area contributed by atoms with Crippen LogP contribution < -0.4 is 11.1 Å². The Bertz CT molecular complexity index is 647. The second-order valence-corrected chi connectivity index (χ2v) is 5.10. The van der Waals surface area contributed by atoms with Crippen molar-refractivity contribution in [1.82, 2.24) is 10.5 Å². The number of amidine groups is 1. The van der Waals surface area contributed by atoms with Crippen molar-refractivity contribution in [2.75, 3.05) is 0 Å². The molecule has 7 heteroatoms. The third-order valence-electron chi connectivity index (χ3n) is 3.26. The molecule has 1 aromatic heterocycles. The van der Waals surface area contributed by atoms with Crippen molar-refractivity contribution < 1.29 is 9.73 Å². The standard InChI is InChI=1S/C14H17ClN4O2/c1-8-12(9(2)21-19-8)7-17-6-11-4-3-10(5-13(11)15)14(16)18-20/h3-5,17,20H,6-7H2,1-2H3,(H2,16,18). The molecule has 6 nitrogen and oxygen atoms in total. The zero-order valence-electron chi connectivity index (χ0n) is 11.9. The lowest BCUT2D eigenvalue weighted by Crippen LogP contribution is -2.15. The Labute approximate surface area is 127 Å². The fraction of sp³-hybridized carbons (Fsp3) is 0.286. The molecule has 2 rings (SSSR count). The van der Waals surface area contributed by atoms with E-state index in [1.807, 2.05) is 19.9 Å². The molecule has 0 amide bonds. The maximum Gasteiger partial charge on any atom is 0.170 e. The second kappa shape index (κ2) is 6.60. The van der Waals surface area contributed by atoms with Gasteiger partial charge in [-0.05, 0) is 25.5 Å². The Kier molecular flexibility index (Phi) is 4.82. The summed E-state index contributed by atoms with van der Waals surface area (Å²) in [4.78, 5) is 0. The van der Waals surface area contributed by atoms with Crippen LogP contribution in [0.15, 0.2) is 27.9 Å². The van der Waals surface area contributed by atoms with E-state index in [4.69, 9.17) is 27.1 Å². The lowest BCUT2D eigenvalue weighted by atomic mass is 10.1. The van der Waals surface area contributed by atoms with Gasteiger partial charge in [-0.25, -0.2) is 0 Å². The van der Waals surface area contributed by atoms with Crippen LogP contribution in [0.1, 0.15) is 28.1 Å². The summed E-state index contributed by atoms with van der Waals surface area (Å²) in [6, 6.07) is 5.27. The number of nitrogens with zero attached hydrogens (tertiary/aromatic N) is 2. The minimum absolute atomic E-state index is 0.0344. The van der Waals surface area contributed by atoms with Crippen molar-refractivity contribution in [1.29, 1.82) is 0 Å². The second-order valence-electron chi connectivity index (χ2n) is 4.70. The van der Waals surface area contributed by atoms with Crippen LogP contribution in [0.3, 0.4) is 0 Å². The average Bonchev–Trinajstić information content (AvgIpc) is 2.79. The number of oxime groups is 1. The van der Waals surface area contributed by atoms with Crippen molar-refractivity contribution >= 4 is 17.4 Å². The fourth-order valence-corrected chi connectivity index (χ4v) is 2.23. The predicted octanol–water partition coefficient (Wildman–Crippen LogP) is 2.33. The number of hydrogen-bond donors (Lipinski definition) is 3. The van der Waals surface area contributed by atoms with E-state index in [1.165, 1.54) is 0 Å². The van der Waals surface area contributed by atoms with Crippen molar-refractivity contribution in [3.8, 4) is 0 Å². The van der Waals surface area contributed by atoms with Crippen LogP contribution in [-0.2, 0) is 13.1 Å². The van der Waals surface area contributed by atoms with Gasteiger partial charge in [-0.1, -0.05) is 34.0 Å². The van der Waals surface area contributed by atoms with E-state index >= 15 is 0 Å². The topological polar surface area (TPSA) is 96.7 Å². The van der Waals surface area contributed by atoms with Gasteiger partial charge in [0, 0.05) is 29.2 Å². The Morgan fingerprint density at radius 2 is 2.19 bits per heavy atom. The lowest BCUT2D eigenvalue weighted by Gasteiger charge is -2.08. The number of aromatic nitrogens is 1. The normalized spacial score (nSPS) is 11.9. The Morgan fingerprint density at radius 3 is 2.76 bits per heavy atom. The highest BCUT2D eigenvalue weighted by molar-refractivity contribution is 6.31. The first-order chi connectivity index (χ1) is 10.0. The molecule has 4 N–H and O–H groups in total. The van der Waals surface area contributed by atoms with E-state index in [2.05, 4.69) is 15.6 Å². The van der Waals surface area contributed by atoms with E-state index in [0.29, 0.717) is 23.7 Å². The molecule has 0 bridgehead atoms. The third kappa shape index (κ3) is 3.53. The average molecular weight is 309 g/mol. The summed E-state index contributed by atoms with van der Waals surface area (Å²) in [6.45, 7) is 5.04. The molecule has 0 radical (unpaired) electrons. The van der Waals surface area contributed by atoms with Crippen molar-refractivity contribution in [3.63, 3.8) is 0 Å². The number of hydrogen-bond acceptors (Lipinski definition) is 5. The molecule has 0 saturated carbocycles. The van der Waals surface area contributed by atoms with E-state index in [1.54, 1.807) is 12.1 Å². The Morgan fingerprint density at radius 1 is 1.43 bits per heavy atom. The zero-order chi connectivity index (χ0) is 15.4. The molecule has 0 aliphatic heterocycles. The van der Waals surface area contributed by atoms with Gasteiger partial charge < -0.3 is 20.8 Å². The summed E-state index contributed by atoms with van der Waals surface area (Å²) in [6.07, 6.45) is 0. The van der Waals surface area contributed by atoms with Gasteiger partial charge in [0.05, 0.1) is 5.69 Å². The summed E-state index contributed by atoms with van der Waals surface area (Å²) in [7, 11) is 0. The summed E-state index contributed by atoms with van der Waals surface area (Å²) in [5, 5.41) is 19.4. The van der Waals surface area contributed by atoms with E-state index < -0.39 is 0 Å². The Balaban J connectivity index is 2.01. The molecule has 0 atom stereocenters. The SMILES string of the molecule is Cc1noc(C)c1CNCc1ccc(/C(N)=N/O)cc1Cl. The molecule has 21 heavy (non-hydrogen) atoms. The Hall–Kier alpha value is -2.05. The van der Waals surface area contributed by atoms with Crippen LogP contribution in [0, 0.1) is 13.8 Å². The summed E-state index contributed by atoms with van der Waals surface area (Å²) >= 11 is 6.19. The van der Waals surface area contributed by atoms with Gasteiger partial charge in [0.15, 0.2) is 5.84 Å². The monoisotopic (exact) mass is 308 g/mol. The third-order valence-corrected chi connectivity index (χ3v) is 3.61. The van der Waals surface area contributed by atoms with E-state index in [0.717, 1.165) is 22.6 Å². The van der Waals surface area contributed by atoms with Gasteiger partial charge in [-0.3, -0.25) is 0 Å². The van der Waals surface area contributed by atoms with Gasteiger partial charge in [0.25, 0.3) is 0 Å². The van der Waals surface area contributed by atoms with E-state index in [-0.39, 0.29) is 5.84 Å². The quantitative estimate of drug-likeness (QED) is 0.341. The van der Waals surface area contributed by atoms with Crippen molar-refractivity contribution in [2.45, 2.75) is 26.9 Å². The minimum atomic E-state index is 0.0344. The molecule has 1 aromatic carbocycles. The minimum Gasteiger partial charge on any atom is -0.409 e. The van der Waals surface area contributed by atoms with Crippen molar-refractivity contribution in [3.05, 3.63) is 51.4 Å². The maximum atomic E-state index is 8.64. The van der Waals surface area contributed by atoms with Gasteiger partial charge in [-0.2, -0.15) is 0 Å². The van der Waals surface area contributed by atoms with Crippen LogP contribution >= 0.6 is 11.6 Å². The molecular weight excluding hydrogens is 292 g/mol. The van der Waals surface area contributed by atoms with Crippen LogP contribution in [0.25, 0.3) is 0 Å². The van der Waals surface area contributed by atoms with Gasteiger partial charge in [-0.15, -0.1) is 0 Å². The zero-order valence-corrected chi connectivity index (χ0v) is 12.6. The molecule has 0 unspecified atom stereocenters. The highest BCUT2D eigenvalue weighted by Gasteiger charge is 2.09. The molecule has 0 fully saturated rings. The number of halogens is 1. The fourth-order valence-electron chi connectivity index (χ4n) is 1.98. The molecular formula is C14H17ClN4O2. The highest BCUT2D eigenvalue weighted by Crippen LogP contribution is 2.18. The first kappa shape index (κ1) is 15.3. The smallest absolute Gasteiger partial charge is 0.170 e. The number of rotatable bonds is 5. The number of benzene rings is 1. The first-order valence-corrected chi connectivity index (χ1v) is 6.79. The van der Waals surface area contributed by atoms with E-state index in [9.17, 15) is 0 Å². The molecule has 0 aliphatic carbocycles. The van der Waals surface area contributed by atoms with Gasteiger partial charge >= 0.3 is 0 Å². The van der Waals surface area contributed by atoms with Crippen LogP contribution in [0.4, 0.5) is 0 Å². The molecule has 1 heterocycles. The number of nitrogens with two attached hydrogens (primary N) is 1. The van der Waals surface area contributed by atoms with Gasteiger partial charge in [0.1, 0.15) is 5.76 Å². The summed E-state index contributed by atoms with van der Waals surface area (Å²) in [5.74, 6) is 0.848. The van der Waals surface area contributed by atoms with Crippen LogP contribution in [-0.4, -0.2) is 16.2 Å². The number of aryl methyl sites for hydroxylation is 2. The molecule has 2 aromatic rings. The van der Waals surface area contributed by atoms with Crippen LogP contribution in [0.2, 0.25) is 5.02 Å². The largest absolute Gasteiger partial charge is 0.409 e. The lowest BCUT2D eigenvalue weighted by molar-refractivity contribution is 0.318. The highest BCUT2D eigenvalue weighted by atomic mass is 35.5. The van der Waals surface area contributed by atoms with Crippen LogP contribution in [0.5, 0.6) is 0 Å². The molecule has 112 valence electrons. The maximum absolute atomic E-state index is 8.64. The number of nitrogens with one attached hydrogen (secondary N) is 1. The first-order valence-electron chi connectivity index (χ1n) is 6.41. The molecule has 0 spiro atoms. The van der Waals surface area contributed by atoms with Gasteiger partial charge in [0.2, 0.25) is 0 Å². The molecule has 0 saturated heterocycles. The predicted molar refractivity (Wildman–Crippen MR) is 80.5 cm³/mol. The summed E-state index contributed by atoms with van der Waals surface area (Å²) in [5.41, 5.74) is 8.97. The van der Waals surface area contributed by atoms with Crippen molar-refractivity contribution in [2.24, 2.45) is 10.9 Å². The summed E-state index contributed by atoms with van der Waals surface area (Å²) < 4.78 is 5.11.